The summed E-state index contributed by atoms with van der Waals surface area (Å²) >= 11 is 0. The summed E-state index contributed by atoms with van der Waals surface area (Å²) in [6.45, 7) is 1.79. The highest BCUT2D eigenvalue weighted by Gasteiger charge is 2.68. The number of Topliss-reactive ketones (excluding diaryl/α,β-unsaturated/α-hetero) is 2. The number of nitrogens with one attached hydrogen (secondary N) is 1. The van der Waals surface area contributed by atoms with Gasteiger partial charge in [-0.15, -0.1) is 0 Å². The average molecular weight is 666 g/mol. The molecule has 3 aromatic rings. The number of anilines is 1. The monoisotopic (exact) mass is 665 g/mol. The molecule has 7 rings (SSSR count). The van der Waals surface area contributed by atoms with Gasteiger partial charge in [0.05, 0.1) is 18.1 Å². The largest absolute Gasteiger partial charge is 0.508 e. The standard InChI is InChI=1S/C37H35N3O9/c1-16-18-13-12-17(39-36(47)49-15-24-21-10-6-4-8-19(21)20-9-5-7-11-22(20)24)14-23(18)30(41)26-25(16)31(42)28-29(40(2)3)32(43)27(35(38)46)34(45)37(28,48)33(26)44/h4-14,16,24-25,28-29,31,41-42,45,48H,15H2,1-3H3,(H2,38,46)(H,39,47)/t16-,25+,28+,29-,31-,37-/m0/s1. The summed E-state index contributed by atoms with van der Waals surface area (Å²) < 4.78 is 5.66. The number of hydrogen-bond donors (Lipinski definition) is 6. The van der Waals surface area contributed by atoms with Crippen molar-refractivity contribution in [3.05, 3.63) is 106 Å². The first-order valence-electron chi connectivity index (χ1n) is 15.9. The normalized spacial score (nSPS) is 27.3. The Bertz CT molecular complexity index is 1990. The maximum Gasteiger partial charge on any atom is 0.411 e. The molecular formula is C37H35N3O9. The van der Waals surface area contributed by atoms with Crippen molar-refractivity contribution in [3.8, 4) is 11.1 Å². The summed E-state index contributed by atoms with van der Waals surface area (Å²) in [6.07, 6.45) is -2.37. The highest BCUT2D eigenvalue weighted by molar-refractivity contribution is 6.24. The lowest BCUT2D eigenvalue weighted by Gasteiger charge is -2.53. The second kappa shape index (κ2) is 11.4. The fourth-order valence-electron chi connectivity index (χ4n) is 8.38. The Labute approximate surface area is 281 Å². The summed E-state index contributed by atoms with van der Waals surface area (Å²) in [7, 11) is 2.93. The average Bonchev–Trinajstić information content (AvgIpc) is 3.38. The van der Waals surface area contributed by atoms with Crippen LogP contribution >= 0.6 is 0 Å². The minimum absolute atomic E-state index is 0.0751. The minimum Gasteiger partial charge on any atom is -0.508 e. The summed E-state index contributed by atoms with van der Waals surface area (Å²) in [4.78, 5) is 54.1. The van der Waals surface area contributed by atoms with Crippen molar-refractivity contribution >= 4 is 35.0 Å². The number of aliphatic hydroxyl groups is 4. The number of ketones is 2. The molecule has 49 heavy (non-hydrogen) atoms. The van der Waals surface area contributed by atoms with Gasteiger partial charge >= 0.3 is 6.09 Å². The van der Waals surface area contributed by atoms with Gasteiger partial charge in [0.15, 0.2) is 11.4 Å². The van der Waals surface area contributed by atoms with Crippen LogP contribution in [0.15, 0.2) is 83.6 Å². The van der Waals surface area contributed by atoms with Crippen molar-refractivity contribution in [3.63, 3.8) is 0 Å². The maximum absolute atomic E-state index is 14.2. The van der Waals surface area contributed by atoms with Crippen LogP contribution in [-0.2, 0) is 19.1 Å². The van der Waals surface area contributed by atoms with Gasteiger partial charge in [0, 0.05) is 28.7 Å². The molecule has 1 saturated carbocycles. The molecule has 4 aliphatic rings. The first-order valence-corrected chi connectivity index (χ1v) is 15.9. The third kappa shape index (κ3) is 4.55. The molecule has 252 valence electrons. The van der Waals surface area contributed by atoms with Gasteiger partial charge in [0.1, 0.15) is 23.7 Å². The Morgan fingerprint density at radius 1 is 0.939 bits per heavy atom. The number of nitrogens with zero attached hydrogens (tertiary/aromatic N) is 1. The van der Waals surface area contributed by atoms with E-state index in [9.17, 15) is 39.6 Å². The van der Waals surface area contributed by atoms with Gasteiger partial charge < -0.3 is 30.9 Å². The van der Waals surface area contributed by atoms with Gasteiger partial charge in [-0.1, -0.05) is 61.5 Å². The number of amides is 2. The van der Waals surface area contributed by atoms with Crippen LogP contribution in [0.5, 0.6) is 0 Å². The smallest absolute Gasteiger partial charge is 0.411 e. The van der Waals surface area contributed by atoms with Gasteiger partial charge in [-0.2, -0.15) is 0 Å². The van der Waals surface area contributed by atoms with E-state index in [1.807, 2.05) is 48.5 Å². The zero-order valence-corrected chi connectivity index (χ0v) is 26.9. The number of carbonyl (C=O) groups excluding carboxylic acids is 4. The first-order chi connectivity index (χ1) is 23.3. The van der Waals surface area contributed by atoms with Crippen molar-refractivity contribution in [2.75, 3.05) is 26.0 Å². The third-order valence-corrected chi connectivity index (χ3v) is 10.6. The lowest BCUT2D eigenvalue weighted by atomic mass is 9.54. The van der Waals surface area contributed by atoms with Gasteiger partial charge in [-0.25, -0.2) is 4.79 Å². The highest BCUT2D eigenvalue weighted by atomic mass is 16.5. The number of hydrogen-bond acceptors (Lipinski definition) is 10. The molecule has 0 heterocycles. The van der Waals surface area contributed by atoms with Crippen molar-refractivity contribution in [2.24, 2.45) is 17.6 Å². The van der Waals surface area contributed by atoms with Crippen LogP contribution in [0, 0.1) is 11.8 Å². The molecule has 2 amide bonds. The van der Waals surface area contributed by atoms with E-state index in [0.717, 1.165) is 22.3 Å². The number of benzene rings is 3. The molecule has 0 aliphatic heterocycles. The Morgan fingerprint density at radius 2 is 1.55 bits per heavy atom. The summed E-state index contributed by atoms with van der Waals surface area (Å²) in [5.74, 6) is -8.79. The molecule has 1 fully saturated rings. The van der Waals surface area contributed by atoms with E-state index in [2.05, 4.69) is 5.32 Å². The second-order valence-electron chi connectivity index (χ2n) is 13.3. The van der Waals surface area contributed by atoms with Crippen LogP contribution in [0.4, 0.5) is 10.5 Å². The topological polar surface area (TPSA) is 200 Å². The maximum atomic E-state index is 14.2. The molecule has 0 radical (unpaired) electrons. The van der Waals surface area contributed by atoms with Crippen molar-refractivity contribution in [2.45, 2.75) is 36.5 Å². The molecule has 0 unspecified atom stereocenters. The predicted molar refractivity (Wildman–Crippen MR) is 177 cm³/mol. The summed E-state index contributed by atoms with van der Waals surface area (Å²) in [6, 6.07) is 19.2. The first kappa shape index (κ1) is 32.3. The lowest BCUT2D eigenvalue weighted by molar-refractivity contribution is -0.169. The number of primary amides is 1. The van der Waals surface area contributed by atoms with Crippen LogP contribution in [0.1, 0.15) is 41.0 Å². The molecule has 12 nitrogen and oxygen atoms in total. The zero-order chi connectivity index (χ0) is 35.1. The molecule has 3 aromatic carbocycles. The number of likely N-dealkylation sites (N-methyl/N-ethyl adjacent to an activating group) is 1. The van der Waals surface area contributed by atoms with Crippen LogP contribution in [0.25, 0.3) is 16.9 Å². The molecule has 0 spiro atoms. The Morgan fingerprint density at radius 3 is 2.14 bits per heavy atom. The summed E-state index contributed by atoms with van der Waals surface area (Å²) in [5, 5.41) is 48.9. The van der Waals surface area contributed by atoms with E-state index in [-0.39, 0.29) is 29.3 Å². The number of nitrogens with two attached hydrogens (primary N) is 1. The molecule has 6 atom stereocenters. The van der Waals surface area contributed by atoms with Crippen molar-refractivity contribution in [1.29, 1.82) is 0 Å². The molecule has 0 aromatic heterocycles. The SMILES string of the molecule is C[C@H]1c2ccc(NC(=O)OCC3c4ccccc4-c4ccccc43)cc2C(O)=C2C(=O)[C@]3(O)C(O)=C(C(N)=O)C(=O)[C@@H](N(C)C)[C@@H]3[C@@H](O)[C@@H]21. The molecule has 0 bridgehead atoms. The van der Waals surface area contributed by atoms with Gasteiger partial charge in [0.2, 0.25) is 5.78 Å². The van der Waals surface area contributed by atoms with Gasteiger partial charge in [0.25, 0.3) is 5.91 Å². The number of carbonyl (C=O) groups is 4. The fourth-order valence-corrected chi connectivity index (χ4v) is 8.38. The molecule has 0 saturated heterocycles. The van der Waals surface area contributed by atoms with E-state index < -0.39 is 76.2 Å². The van der Waals surface area contributed by atoms with E-state index in [1.165, 1.54) is 25.1 Å². The van der Waals surface area contributed by atoms with Crippen LogP contribution < -0.4 is 11.1 Å². The third-order valence-electron chi connectivity index (χ3n) is 10.6. The molecule has 12 heteroatoms. The zero-order valence-electron chi connectivity index (χ0n) is 26.9. The van der Waals surface area contributed by atoms with Crippen LogP contribution in [0.3, 0.4) is 0 Å². The van der Waals surface area contributed by atoms with Crippen molar-refractivity contribution in [1.82, 2.24) is 4.90 Å². The van der Waals surface area contributed by atoms with E-state index in [4.69, 9.17) is 10.5 Å². The lowest BCUT2D eigenvalue weighted by Crippen LogP contribution is -2.70. The quantitative estimate of drug-likeness (QED) is 0.220. The van der Waals surface area contributed by atoms with Gasteiger partial charge in [-0.3, -0.25) is 24.6 Å². The van der Waals surface area contributed by atoms with Crippen LogP contribution in [0.2, 0.25) is 0 Å². The van der Waals surface area contributed by atoms with E-state index >= 15 is 0 Å². The highest BCUT2D eigenvalue weighted by Crippen LogP contribution is 2.55. The van der Waals surface area contributed by atoms with E-state index in [1.54, 1.807) is 19.1 Å². The Hall–Kier alpha value is -5.30. The molecule has 4 aliphatic carbocycles. The number of fused-ring (bicyclic) bond motifs is 6. The number of aliphatic hydroxyl groups excluding tert-OH is 3. The number of ether oxygens (including phenoxy) is 1. The van der Waals surface area contributed by atoms with Crippen LogP contribution in [-0.4, -0.2) is 87.3 Å². The Kier molecular flexibility index (Phi) is 7.51. The number of rotatable bonds is 5. The van der Waals surface area contributed by atoms with Gasteiger partial charge in [-0.05, 0) is 60.0 Å². The minimum atomic E-state index is -2.94. The van der Waals surface area contributed by atoms with E-state index in [0.29, 0.717) is 5.56 Å². The predicted octanol–water partition coefficient (Wildman–Crippen LogP) is 3.15. The molecular weight excluding hydrogens is 630 g/mol. The summed E-state index contributed by atoms with van der Waals surface area (Å²) in [5.41, 5.74) is 6.30. The van der Waals surface area contributed by atoms with Crippen molar-refractivity contribution < 1.29 is 44.3 Å². The molecule has 7 N–H and O–H groups in total. The Balaban J connectivity index is 1.19. The fraction of sp³-hybridized carbons (Fsp3) is 0.297. The second-order valence-corrected chi connectivity index (χ2v) is 13.3.